The first-order valence-electron chi connectivity index (χ1n) is 7.63. The summed E-state index contributed by atoms with van der Waals surface area (Å²) < 4.78 is 0. The Hall–Kier alpha value is -1.80. The zero-order valence-electron chi connectivity index (χ0n) is 13.3. The van der Waals surface area contributed by atoms with E-state index in [0.29, 0.717) is 12.0 Å². The van der Waals surface area contributed by atoms with Crippen LogP contribution in [-0.2, 0) is 5.54 Å². The highest BCUT2D eigenvalue weighted by Gasteiger charge is 2.39. The van der Waals surface area contributed by atoms with Gasteiger partial charge >= 0.3 is 0 Å². The quantitative estimate of drug-likeness (QED) is 0.652. The minimum atomic E-state index is -0.284. The van der Waals surface area contributed by atoms with Crippen molar-refractivity contribution in [3.8, 4) is 0 Å². The molecule has 2 heteroatoms. The summed E-state index contributed by atoms with van der Waals surface area (Å²) in [6, 6.07) is 9.03. The molecule has 0 radical (unpaired) electrons. The van der Waals surface area contributed by atoms with E-state index in [1.165, 1.54) is 22.5 Å². The average molecular weight is 280 g/mol. The van der Waals surface area contributed by atoms with Crippen molar-refractivity contribution in [2.75, 3.05) is 4.90 Å². The van der Waals surface area contributed by atoms with Gasteiger partial charge in [0.2, 0.25) is 0 Å². The molecule has 3 rings (SSSR count). The number of anilines is 1. The molecule has 0 bridgehead atoms. The highest BCUT2D eigenvalue weighted by atomic mass is 15.3. The van der Waals surface area contributed by atoms with Crippen LogP contribution in [0.25, 0.3) is 0 Å². The lowest BCUT2D eigenvalue weighted by molar-refractivity contribution is 0.554. The maximum absolute atomic E-state index is 6.14. The highest BCUT2D eigenvalue weighted by Crippen LogP contribution is 2.41. The maximum atomic E-state index is 6.14. The fourth-order valence-electron chi connectivity index (χ4n) is 2.74. The van der Waals surface area contributed by atoms with Gasteiger partial charge in [-0.3, -0.25) is 0 Å². The first-order chi connectivity index (χ1) is 9.88. The number of hydrogen-bond donors (Lipinski definition) is 1. The van der Waals surface area contributed by atoms with Crippen LogP contribution in [0.4, 0.5) is 5.69 Å². The Morgan fingerprint density at radius 3 is 2.33 bits per heavy atom. The van der Waals surface area contributed by atoms with Gasteiger partial charge in [0.25, 0.3) is 0 Å². The molecule has 1 aliphatic heterocycles. The molecule has 0 amide bonds. The van der Waals surface area contributed by atoms with Crippen molar-refractivity contribution < 1.29 is 0 Å². The average Bonchev–Trinajstić information content (AvgIpc) is 3.12. The molecule has 21 heavy (non-hydrogen) atoms. The lowest BCUT2D eigenvalue weighted by atomic mass is 9.96. The van der Waals surface area contributed by atoms with E-state index in [-0.39, 0.29) is 5.54 Å². The van der Waals surface area contributed by atoms with Gasteiger partial charge in [0.05, 0.1) is 6.04 Å². The van der Waals surface area contributed by atoms with E-state index in [9.17, 15) is 0 Å². The van der Waals surface area contributed by atoms with Crippen molar-refractivity contribution in [2.24, 2.45) is 11.7 Å². The summed E-state index contributed by atoms with van der Waals surface area (Å²) in [6.07, 6.45) is 9.11. The lowest BCUT2D eigenvalue weighted by Crippen LogP contribution is -2.28. The molecule has 2 nitrogen and oxygen atoms in total. The van der Waals surface area contributed by atoms with Gasteiger partial charge in [-0.1, -0.05) is 42.9 Å². The zero-order chi connectivity index (χ0) is 15.2. The maximum Gasteiger partial charge on any atom is 0.0924 e. The van der Waals surface area contributed by atoms with Crippen LogP contribution in [0.1, 0.15) is 33.3 Å². The molecule has 2 atom stereocenters. The van der Waals surface area contributed by atoms with Gasteiger partial charge in [-0.2, -0.15) is 0 Å². The van der Waals surface area contributed by atoms with Gasteiger partial charge in [-0.25, -0.2) is 0 Å². The van der Waals surface area contributed by atoms with E-state index in [4.69, 9.17) is 5.73 Å². The van der Waals surface area contributed by atoms with Crippen LogP contribution in [0.2, 0.25) is 0 Å². The van der Waals surface area contributed by atoms with E-state index in [2.05, 4.69) is 67.3 Å². The van der Waals surface area contributed by atoms with Crippen molar-refractivity contribution in [3.05, 3.63) is 65.4 Å². The molecule has 0 saturated carbocycles. The molecule has 0 aromatic heterocycles. The topological polar surface area (TPSA) is 29.0 Å². The predicted molar refractivity (Wildman–Crippen MR) is 90.1 cm³/mol. The molecule has 2 unspecified atom stereocenters. The second-order valence-corrected chi connectivity index (χ2v) is 6.76. The first kappa shape index (κ1) is 14.2. The van der Waals surface area contributed by atoms with Crippen LogP contribution in [0, 0.1) is 5.92 Å². The van der Waals surface area contributed by atoms with Crippen LogP contribution in [0.5, 0.6) is 0 Å². The smallest absolute Gasteiger partial charge is 0.0924 e. The third-order valence-corrected chi connectivity index (χ3v) is 4.50. The summed E-state index contributed by atoms with van der Waals surface area (Å²) in [7, 11) is 0. The normalized spacial score (nSPS) is 31.2. The van der Waals surface area contributed by atoms with E-state index in [1.807, 2.05) is 13.8 Å². The Morgan fingerprint density at radius 1 is 1.05 bits per heavy atom. The minimum absolute atomic E-state index is 0.284. The molecule has 2 N–H and O–H groups in total. The summed E-state index contributed by atoms with van der Waals surface area (Å²) in [4.78, 5) is 2.37. The SMILES string of the molecule is C/C1=C/C=C2\C(/C=C\C1C)N2c1ccc(C(C)(C)N)cc1. The number of nitrogens with two attached hydrogens (primary N) is 1. The van der Waals surface area contributed by atoms with Gasteiger partial charge in [-0.05, 0) is 50.5 Å². The van der Waals surface area contributed by atoms with Gasteiger partial charge in [-0.15, -0.1) is 0 Å². The largest absolute Gasteiger partial charge is 0.330 e. The summed E-state index contributed by atoms with van der Waals surface area (Å²) in [5.41, 5.74) is 11.0. The Bertz CT molecular complexity index is 627. The number of benzene rings is 1. The van der Waals surface area contributed by atoms with E-state index < -0.39 is 0 Å². The number of fused-ring (bicyclic) bond motifs is 1. The molecular weight excluding hydrogens is 256 g/mol. The third kappa shape index (κ3) is 2.68. The monoisotopic (exact) mass is 280 g/mol. The van der Waals surface area contributed by atoms with Crippen LogP contribution < -0.4 is 10.6 Å². The van der Waals surface area contributed by atoms with E-state index in [1.54, 1.807) is 0 Å². The first-order valence-corrected chi connectivity index (χ1v) is 7.63. The Balaban J connectivity index is 1.86. The van der Waals surface area contributed by atoms with Crippen molar-refractivity contribution in [2.45, 2.75) is 39.3 Å². The van der Waals surface area contributed by atoms with Crippen LogP contribution in [0.3, 0.4) is 0 Å². The molecule has 1 heterocycles. The van der Waals surface area contributed by atoms with E-state index in [0.717, 1.165) is 0 Å². The molecule has 1 aliphatic carbocycles. The summed E-state index contributed by atoms with van der Waals surface area (Å²) in [5, 5.41) is 0. The number of hydrogen-bond acceptors (Lipinski definition) is 2. The van der Waals surface area contributed by atoms with Crippen LogP contribution in [0.15, 0.2) is 59.8 Å². The lowest BCUT2D eigenvalue weighted by Gasteiger charge is -2.19. The fourth-order valence-corrected chi connectivity index (χ4v) is 2.74. The summed E-state index contributed by atoms with van der Waals surface area (Å²) in [5.74, 6) is 0.519. The van der Waals surface area contributed by atoms with E-state index >= 15 is 0 Å². The van der Waals surface area contributed by atoms with Crippen molar-refractivity contribution in [3.63, 3.8) is 0 Å². The molecular formula is C19H24N2. The van der Waals surface area contributed by atoms with Gasteiger partial charge in [0, 0.05) is 16.9 Å². The Kier molecular flexibility index (Phi) is 3.29. The second-order valence-electron chi connectivity index (χ2n) is 6.76. The Morgan fingerprint density at radius 2 is 1.71 bits per heavy atom. The fraction of sp³-hybridized carbons (Fsp3) is 0.368. The van der Waals surface area contributed by atoms with Crippen molar-refractivity contribution >= 4 is 5.69 Å². The molecule has 2 aliphatic rings. The molecule has 1 aromatic carbocycles. The molecule has 1 fully saturated rings. The highest BCUT2D eigenvalue weighted by molar-refractivity contribution is 5.70. The number of rotatable bonds is 2. The van der Waals surface area contributed by atoms with Gasteiger partial charge in [0.1, 0.15) is 0 Å². The van der Waals surface area contributed by atoms with Gasteiger partial charge < -0.3 is 10.6 Å². The zero-order valence-corrected chi connectivity index (χ0v) is 13.3. The minimum Gasteiger partial charge on any atom is -0.330 e. The van der Waals surface area contributed by atoms with Crippen LogP contribution in [-0.4, -0.2) is 6.04 Å². The molecule has 1 aromatic rings. The third-order valence-electron chi connectivity index (χ3n) is 4.50. The van der Waals surface area contributed by atoms with Crippen LogP contribution >= 0.6 is 0 Å². The summed E-state index contributed by atoms with van der Waals surface area (Å²) >= 11 is 0. The van der Waals surface area contributed by atoms with Gasteiger partial charge in [0.15, 0.2) is 0 Å². The number of allylic oxidation sites excluding steroid dienone is 4. The molecule has 1 saturated heterocycles. The number of nitrogens with zero attached hydrogens (tertiary/aromatic N) is 1. The predicted octanol–water partition coefficient (Wildman–Crippen LogP) is 4.11. The standard InChI is InChI=1S/C19H24N2/c1-13-5-11-17-18(12-6-14(13)2)21(17)16-9-7-15(8-10-16)19(3,4)20/h5-13,17H,20H2,1-4H3/b11-5-,14-6-,18-12+. The molecule has 110 valence electrons. The van der Waals surface area contributed by atoms with Crippen molar-refractivity contribution in [1.29, 1.82) is 0 Å². The molecule has 0 spiro atoms. The van der Waals surface area contributed by atoms with Crippen molar-refractivity contribution in [1.82, 2.24) is 0 Å². The second kappa shape index (κ2) is 4.88. The Labute approximate surface area is 127 Å². The summed E-state index contributed by atoms with van der Waals surface area (Å²) in [6.45, 7) is 8.50.